The molecule has 0 spiro atoms. The Morgan fingerprint density at radius 2 is 1.47 bits per heavy atom. The SMILES string of the molecule is N#COB(OC#N)OOCC(F)(F)C(F)(F)F. The van der Waals surface area contributed by atoms with E-state index in [0.717, 1.165) is 12.5 Å². The quantitative estimate of drug-likeness (QED) is 0.234. The summed E-state index contributed by atoms with van der Waals surface area (Å²) in [6.45, 7) is -2.18. The normalized spacial score (nSPS) is 11.2. The summed E-state index contributed by atoms with van der Waals surface area (Å²) in [5, 5.41) is 15.9. The second-order valence-corrected chi connectivity index (χ2v) is 2.27. The van der Waals surface area contributed by atoms with Gasteiger partial charge < -0.3 is 9.31 Å². The maximum atomic E-state index is 12.2. The van der Waals surface area contributed by atoms with E-state index in [9.17, 15) is 22.0 Å². The van der Waals surface area contributed by atoms with Gasteiger partial charge in [0, 0.05) is 0 Å². The average Bonchev–Trinajstić information content (AvgIpc) is 2.16. The average molecular weight is 260 g/mol. The first-order valence-corrected chi connectivity index (χ1v) is 3.57. The van der Waals surface area contributed by atoms with E-state index in [4.69, 9.17) is 10.5 Å². The molecule has 0 atom stereocenters. The zero-order valence-electron chi connectivity index (χ0n) is 7.70. The van der Waals surface area contributed by atoms with Crippen LogP contribution in [0.4, 0.5) is 22.0 Å². The van der Waals surface area contributed by atoms with Crippen LogP contribution in [0.3, 0.4) is 0 Å². The third kappa shape index (κ3) is 5.19. The van der Waals surface area contributed by atoms with Gasteiger partial charge in [-0.05, 0) is 0 Å². The van der Waals surface area contributed by atoms with Crippen molar-refractivity contribution in [2.24, 2.45) is 0 Å². The zero-order chi connectivity index (χ0) is 13.5. The molecule has 0 aliphatic rings. The lowest BCUT2D eigenvalue weighted by molar-refractivity contribution is -0.343. The van der Waals surface area contributed by atoms with Crippen LogP contribution in [0.25, 0.3) is 0 Å². The fourth-order valence-corrected chi connectivity index (χ4v) is 0.395. The first-order chi connectivity index (χ1) is 7.74. The molecule has 0 saturated heterocycles. The lowest BCUT2D eigenvalue weighted by Gasteiger charge is -2.18. The molecule has 0 fully saturated rings. The maximum absolute atomic E-state index is 12.2. The van der Waals surface area contributed by atoms with Crippen molar-refractivity contribution < 1.29 is 41.0 Å². The van der Waals surface area contributed by atoms with E-state index >= 15 is 0 Å². The highest BCUT2D eigenvalue weighted by atomic mass is 19.4. The molecule has 0 amide bonds. The van der Waals surface area contributed by atoms with Crippen molar-refractivity contribution in [3.8, 4) is 12.5 Å². The van der Waals surface area contributed by atoms with E-state index < -0.39 is 26.0 Å². The molecule has 0 aromatic carbocycles. The minimum atomic E-state index is -5.82. The van der Waals surface area contributed by atoms with Gasteiger partial charge in [0.05, 0.1) is 0 Å². The van der Waals surface area contributed by atoms with E-state index in [1.165, 1.54) is 0 Å². The van der Waals surface area contributed by atoms with E-state index in [2.05, 4.69) is 19.0 Å². The molecule has 0 saturated carbocycles. The first-order valence-electron chi connectivity index (χ1n) is 3.57. The Bertz CT molecular complexity index is 308. The number of halogens is 5. The molecule has 12 heteroatoms. The monoisotopic (exact) mass is 260 g/mol. The van der Waals surface area contributed by atoms with Gasteiger partial charge in [0.25, 0.3) is 12.5 Å². The molecular formula is C5H2BF5N2O4. The molecule has 0 aliphatic carbocycles. The lowest BCUT2D eigenvalue weighted by atomic mass is 10.2. The topological polar surface area (TPSA) is 84.5 Å². The van der Waals surface area contributed by atoms with Gasteiger partial charge in [0.15, 0.2) is 6.61 Å². The first kappa shape index (κ1) is 15.2. The molecule has 0 unspecified atom stereocenters. The van der Waals surface area contributed by atoms with Crippen molar-refractivity contribution in [3.05, 3.63) is 0 Å². The van der Waals surface area contributed by atoms with Crippen molar-refractivity contribution in [2.75, 3.05) is 6.61 Å². The third-order valence-electron chi connectivity index (χ3n) is 1.10. The number of nitriles is 2. The van der Waals surface area contributed by atoms with Crippen LogP contribution in [0.15, 0.2) is 0 Å². The highest BCUT2D eigenvalue weighted by Gasteiger charge is 2.58. The number of hydrogen-bond donors (Lipinski definition) is 0. The summed E-state index contributed by atoms with van der Waals surface area (Å²) < 4.78 is 66.8. The van der Waals surface area contributed by atoms with E-state index in [-0.39, 0.29) is 0 Å². The fourth-order valence-electron chi connectivity index (χ4n) is 0.395. The number of nitrogens with zero attached hydrogens (tertiary/aromatic N) is 2. The van der Waals surface area contributed by atoms with Gasteiger partial charge in [0.1, 0.15) is 0 Å². The zero-order valence-corrected chi connectivity index (χ0v) is 7.70. The fraction of sp³-hybridized carbons (Fsp3) is 0.600. The van der Waals surface area contributed by atoms with E-state index in [0.29, 0.717) is 0 Å². The van der Waals surface area contributed by atoms with Crippen LogP contribution in [-0.4, -0.2) is 26.0 Å². The van der Waals surface area contributed by atoms with Crippen molar-refractivity contribution in [3.63, 3.8) is 0 Å². The smallest absolute Gasteiger partial charge is 0.429 e. The third-order valence-corrected chi connectivity index (χ3v) is 1.10. The summed E-state index contributed by atoms with van der Waals surface area (Å²) in [4.78, 5) is 7.15. The maximum Gasteiger partial charge on any atom is 0.837 e. The Morgan fingerprint density at radius 3 is 1.82 bits per heavy atom. The number of alkyl halides is 5. The molecule has 6 nitrogen and oxygen atoms in total. The second kappa shape index (κ2) is 6.07. The molecule has 0 N–H and O–H groups in total. The Morgan fingerprint density at radius 1 is 1.00 bits per heavy atom. The molecule has 94 valence electrons. The van der Waals surface area contributed by atoms with Crippen LogP contribution in [0.5, 0.6) is 0 Å². The van der Waals surface area contributed by atoms with Gasteiger partial charge in [0.2, 0.25) is 0 Å². The molecule has 0 aromatic heterocycles. The lowest BCUT2D eigenvalue weighted by Crippen LogP contribution is -2.41. The summed E-state index contributed by atoms with van der Waals surface area (Å²) >= 11 is 0. The summed E-state index contributed by atoms with van der Waals surface area (Å²) in [5.41, 5.74) is 0. The van der Waals surface area contributed by atoms with Gasteiger partial charge in [-0.25, -0.2) is 9.69 Å². The molecule has 0 heterocycles. The van der Waals surface area contributed by atoms with Gasteiger partial charge in [-0.3, -0.25) is 0 Å². The number of hydrogen-bond acceptors (Lipinski definition) is 6. The van der Waals surface area contributed by atoms with Crippen molar-refractivity contribution in [2.45, 2.75) is 12.1 Å². The van der Waals surface area contributed by atoms with Crippen LogP contribution < -0.4 is 0 Å². The Labute approximate surface area is 91.1 Å². The summed E-state index contributed by atoms with van der Waals surface area (Å²) in [5.74, 6) is -5.16. The molecule has 0 radical (unpaired) electrons. The van der Waals surface area contributed by atoms with Crippen LogP contribution >= 0.6 is 0 Å². The minimum Gasteiger partial charge on any atom is -0.429 e. The molecule has 0 aliphatic heterocycles. The Kier molecular flexibility index (Phi) is 5.44. The van der Waals surface area contributed by atoms with Crippen molar-refractivity contribution in [1.82, 2.24) is 0 Å². The molecule has 17 heavy (non-hydrogen) atoms. The summed E-state index contributed by atoms with van der Waals surface area (Å²) in [7, 11) is -2.16. The minimum absolute atomic E-state index is 0.940. The van der Waals surface area contributed by atoms with Crippen molar-refractivity contribution >= 4 is 7.32 Å². The standard InChI is InChI=1S/C5H2BF5N2O4/c7-4(8,5(9,10)11)1-16-17-6(14-2-12)15-3-13/h1H2. The highest BCUT2D eigenvalue weighted by molar-refractivity contribution is 6.36. The molecule has 0 rings (SSSR count). The largest absolute Gasteiger partial charge is 0.837 e. The number of rotatable bonds is 6. The van der Waals surface area contributed by atoms with Gasteiger partial charge >= 0.3 is 19.4 Å². The van der Waals surface area contributed by atoms with Gasteiger partial charge in [-0.1, -0.05) is 0 Å². The van der Waals surface area contributed by atoms with Crippen LogP contribution in [0, 0.1) is 23.0 Å². The van der Waals surface area contributed by atoms with Gasteiger partial charge in [-0.2, -0.15) is 32.5 Å². The van der Waals surface area contributed by atoms with Gasteiger partial charge in [-0.15, -0.1) is 0 Å². The Balaban J connectivity index is 4.14. The summed E-state index contributed by atoms with van der Waals surface area (Å²) in [6.07, 6.45) is -3.94. The van der Waals surface area contributed by atoms with E-state index in [1.54, 1.807) is 0 Å². The van der Waals surface area contributed by atoms with Crippen LogP contribution in [0.2, 0.25) is 0 Å². The summed E-state index contributed by atoms with van der Waals surface area (Å²) in [6, 6.07) is 0. The molecular weight excluding hydrogens is 258 g/mol. The second-order valence-electron chi connectivity index (χ2n) is 2.27. The highest BCUT2D eigenvalue weighted by Crippen LogP contribution is 2.35. The predicted molar refractivity (Wildman–Crippen MR) is 37.2 cm³/mol. The Hall–Kier alpha value is -1.79. The molecule has 0 bridgehead atoms. The van der Waals surface area contributed by atoms with Crippen LogP contribution in [-0.2, 0) is 19.0 Å². The molecule has 0 aromatic rings. The van der Waals surface area contributed by atoms with E-state index in [1.807, 2.05) is 0 Å². The van der Waals surface area contributed by atoms with Crippen molar-refractivity contribution in [1.29, 1.82) is 10.5 Å². The predicted octanol–water partition coefficient (Wildman–Crippen LogP) is 1.11. The van der Waals surface area contributed by atoms with Crippen LogP contribution in [0.1, 0.15) is 0 Å².